The first kappa shape index (κ1) is 16.6. The van der Waals surface area contributed by atoms with Gasteiger partial charge in [0.1, 0.15) is 10.8 Å². The number of carbonyl (C=O) groups excluding carboxylic acids is 1. The van der Waals surface area contributed by atoms with Crippen molar-refractivity contribution in [2.45, 2.75) is 19.6 Å². The molecule has 1 aromatic carbocycles. The van der Waals surface area contributed by atoms with Crippen LogP contribution in [0.4, 0.5) is 0 Å². The molecule has 22 heavy (non-hydrogen) atoms. The Bertz CT molecular complexity index is 650. The first-order chi connectivity index (χ1) is 10.5. The van der Waals surface area contributed by atoms with Crippen molar-refractivity contribution in [3.05, 3.63) is 58.3 Å². The summed E-state index contributed by atoms with van der Waals surface area (Å²) in [4.78, 5) is 18.0. The van der Waals surface area contributed by atoms with E-state index >= 15 is 0 Å². The molecule has 0 aliphatic rings. The maximum absolute atomic E-state index is 12.4. The van der Waals surface area contributed by atoms with E-state index in [-0.39, 0.29) is 5.91 Å². The van der Waals surface area contributed by atoms with Gasteiger partial charge < -0.3 is 9.64 Å². The molecular weight excluding hydrogens is 323 g/mol. The molecule has 1 amide bonds. The van der Waals surface area contributed by atoms with Gasteiger partial charge in [-0.1, -0.05) is 35.3 Å². The number of pyridine rings is 1. The molecule has 2 rings (SSSR count). The number of ether oxygens (including phenoxy) is 1. The van der Waals surface area contributed by atoms with Crippen molar-refractivity contribution in [3.8, 4) is 5.75 Å². The molecule has 0 saturated carbocycles. The van der Waals surface area contributed by atoms with E-state index in [4.69, 9.17) is 27.9 Å². The Morgan fingerprint density at radius 3 is 2.77 bits per heavy atom. The highest BCUT2D eigenvalue weighted by molar-refractivity contribution is 6.42. The fraction of sp³-hybridized carbons (Fsp3) is 0.250. The third-order valence-corrected chi connectivity index (χ3v) is 3.89. The molecule has 2 aromatic rings. The predicted molar refractivity (Wildman–Crippen MR) is 87.3 cm³/mol. The average Bonchev–Trinajstić information content (AvgIpc) is 2.52. The van der Waals surface area contributed by atoms with E-state index in [2.05, 4.69) is 4.98 Å². The van der Waals surface area contributed by atoms with Crippen LogP contribution in [0.3, 0.4) is 0 Å². The second-order valence-corrected chi connectivity index (χ2v) is 5.65. The number of aromatic nitrogens is 1. The second-order valence-electron chi connectivity index (χ2n) is 4.87. The number of benzene rings is 1. The Kier molecular flexibility index (Phi) is 5.63. The molecule has 1 aromatic heterocycles. The van der Waals surface area contributed by atoms with Gasteiger partial charge in [0.15, 0.2) is 6.10 Å². The summed E-state index contributed by atoms with van der Waals surface area (Å²) in [5.74, 6) is 0.240. The summed E-state index contributed by atoms with van der Waals surface area (Å²) < 4.78 is 5.62. The third-order valence-electron chi connectivity index (χ3n) is 3.09. The molecule has 1 heterocycles. The van der Waals surface area contributed by atoms with E-state index in [1.165, 1.54) is 0 Å². The number of hydrogen-bond donors (Lipinski definition) is 0. The summed E-state index contributed by atoms with van der Waals surface area (Å²) in [5, 5.41) is 0.696. The molecular formula is C16H16Cl2N2O2. The van der Waals surface area contributed by atoms with Gasteiger partial charge in [0.05, 0.1) is 5.02 Å². The fourth-order valence-electron chi connectivity index (χ4n) is 1.97. The largest absolute Gasteiger partial charge is 0.479 e. The lowest BCUT2D eigenvalue weighted by Crippen LogP contribution is -2.37. The quantitative estimate of drug-likeness (QED) is 0.832. The van der Waals surface area contributed by atoms with Crippen LogP contribution in [0, 0.1) is 0 Å². The van der Waals surface area contributed by atoms with Crippen LogP contribution in [0.2, 0.25) is 10.0 Å². The molecule has 4 nitrogen and oxygen atoms in total. The molecule has 0 N–H and O–H groups in total. The average molecular weight is 339 g/mol. The zero-order chi connectivity index (χ0) is 16.1. The summed E-state index contributed by atoms with van der Waals surface area (Å²) in [7, 11) is 1.72. The Labute approximate surface area is 139 Å². The van der Waals surface area contributed by atoms with Gasteiger partial charge in [0.2, 0.25) is 0 Å². The summed E-state index contributed by atoms with van der Waals surface area (Å²) in [6, 6.07) is 8.81. The third kappa shape index (κ3) is 4.12. The Hall–Kier alpha value is -1.78. The van der Waals surface area contributed by atoms with E-state index in [1.807, 2.05) is 12.1 Å². The summed E-state index contributed by atoms with van der Waals surface area (Å²) in [5.41, 5.74) is 0.950. The first-order valence-corrected chi connectivity index (χ1v) is 7.49. The van der Waals surface area contributed by atoms with E-state index in [9.17, 15) is 4.79 Å². The van der Waals surface area contributed by atoms with Gasteiger partial charge in [-0.05, 0) is 30.7 Å². The Balaban J connectivity index is 2.01. The number of halogens is 2. The van der Waals surface area contributed by atoms with Crippen molar-refractivity contribution >= 4 is 29.1 Å². The van der Waals surface area contributed by atoms with Crippen LogP contribution in [0.5, 0.6) is 5.75 Å². The van der Waals surface area contributed by atoms with Gasteiger partial charge >= 0.3 is 0 Å². The smallest absolute Gasteiger partial charge is 0.263 e. The number of rotatable bonds is 5. The molecule has 0 radical (unpaired) electrons. The van der Waals surface area contributed by atoms with Gasteiger partial charge in [-0.2, -0.15) is 0 Å². The lowest BCUT2D eigenvalue weighted by atomic mass is 10.2. The number of nitrogens with zero attached hydrogens (tertiary/aromatic N) is 2. The van der Waals surface area contributed by atoms with Crippen molar-refractivity contribution in [1.29, 1.82) is 0 Å². The van der Waals surface area contributed by atoms with Crippen molar-refractivity contribution in [3.63, 3.8) is 0 Å². The molecule has 116 valence electrons. The fourth-order valence-corrected chi connectivity index (χ4v) is 2.31. The zero-order valence-corrected chi connectivity index (χ0v) is 13.8. The van der Waals surface area contributed by atoms with Gasteiger partial charge in [0, 0.05) is 26.0 Å². The zero-order valence-electron chi connectivity index (χ0n) is 12.3. The highest BCUT2D eigenvalue weighted by atomic mass is 35.5. The maximum Gasteiger partial charge on any atom is 0.263 e. The van der Waals surface area contributed by atoms with E-state index in [0.717, 1.165) is 5.56 Å². The SMILES string of the molecule is CC(Oc1cccc(Cl)c1Cl)C(=O)N(C)Cc1cccnc1. The number of likely N-dealkylation sites (N-methyl/N-ethyl adjacent to an activating group) is 1. The van der Waals surface area contributed by atoms with Crippen LogP contribution in [0.25, 0.3) is 0 Å². The first-order valence-electron chi connectivity index (χ1n) is 6.73. The number of amides is 1. The number of hydrogen-bond acceptors (Lipinski definition) is 3. The maximum atomic E-state index is 12.4. The minimum atomic E-state index is -0.669. The topological polar surface area (TPSA) is 42.4 Å². The monoisotopic (exact) mass is 338 g/mol. The van der Waals surface area contributed by atoms with Crippen LogP contribution in [-0.2, 0) is 11.3 Å². The standard InChI is InChI=1S/C16H16Cl2N2O2/c1-11(22-14-7-3-6-13(17)15(14)18)16(21)20(2)10-12-5-4-8-19-9-12/h3-9,11H,10H2,1-2H3. The minimum absolute atomic E-state index is 0.153. The molecule has 1 atom stereocenters. The number of carbonyl (C=O) groups is 1. The minimum Gasteiger partial charge on any atom is -0.479 e. The lowest BCUT2D eigenvalue weighted by Gasteiger charge is -2.22. The highest BCUT2D eigenvalue weighted by Crippen LogP contribution is 2.32. The van der Waals surface area contributed by atoms with E-state index < -0.39 is 6.10 Å². The normalized spacial score (nSPS) is 11.8. The van der Waals surface area contributed by atoms with Gasteiger partial charge in [-0.15, -0.1) is 0 Å². The molecule has 0 saturated heterocycles. The van der Waals surface area contributed by atoms with Crippen LogP contribution in [-0.4, -0.2) is 28.9 Å². The molecule has 6 heteroatoms. The van der Waals surface area contributed by atoms with Crippen LogP contribution < -0.4 is 4.74 Å². The van der Waals surface area contributed by atoms with Crippen molar-refractivity contribution < 1.29 is 9.53 Å². The van der Waals surface area contributed by atoms with E-state index in [1.54, 1.807) is 49.5 Å². The molecule has 0 bridgehead atoms. The van der Waals surface area contributed by atoms with Crippen molar-refractivity contribution in [2.75, 3.05) is 7.05 Å². The van der Waals surface area contributed by atoms with Crippen molar-refractivity contribution in [1.82, 2.24) is 9.88 Å². The molecule has 0 spiro atoms. The van der Waals surface area contributed by atoms with Gasteiger partial charge in [-0.3, -0.25) is 9.78 Å². The van der Waals surface area contributed by atoms with E-state index in [0.29, 0.717) is 22.3 Å². The molecule has 0 aliphatic carbocycles. The van der Waals surface area contributed by atoms with Gasteiger partial charge in [-0.25, -0.2) is 0 Å². The predicted octanol–water partition coefficient (Wildman–Crippen LogP) is 3.81. The highest BCUT2D eigenvalue weighted by Gasteiger charge is 2.20. The summed E-state index contributed by atoms with van der Waals surface area (Å²) >= 11 is 12.0. The lowest BCUT2D eigenvalue weighted by molar-refractivity contribution is -0.137. The summed E-state index contributed by atoms with van der Waals surface area (Å²) in [6.07, 6.45) is 2.75. The molecule has 0 fully saturated rings. The molecule has 1 unspecified atom stereocenters. The van der Waals surface area contributed by atoms with Crippen LogP contribution >= 0.6 is 23.2 Å². The van der Waals surface area contributed by atoms with Crippen molar-refractivity contribution in [2.24, 2.45) is 0 Å². The van der Waals surface area contributed by atoms with Crippen LogP contribution in [0.1, 0.15) is 12.5 Å². The Morgan fingerprint density at radius 1 is 1.32 bits per heavy atom. The van der Waals surface area contributed by atoms with Gasteiger partial charge in [0.25, 0.3) is 5.91 Å². The summed E-state index contributed by atoms with van der Waals surface area (Å²) in [6.45, 7) is 2.14. The second kappa shape index (κ2) is 7.47. The van der Waals surface area contributed by atoms with Crippen LogP contribution in [0.15, 0.2) is 42.7 Å². The Morgan fingerprint density at radius 2 is 2.09 bits per heavy atom. The molecule has 0 aliphatic heterocycles.